The van der Waals surface area contributed by atoms with Crippen molar-refractivity contribution in [3.63, 3.8) is 0 Å². The fourth-order valence-corrected chi connectivity index (χ4v) is 1.39. The van der Waals surface area contributed by atoms with E-state index >= 15 is 0 Å². The Morgan fingerprint density at radius 2 is 2.07 bits per heavy atom. The highest BCUT2D eigenvalue weighted by molar-refractivity contribution is 6.20. The molecule has 1 atom stereocenters. The van der Waals surface area contributed by atoms with Crippen molar-refractivity contribution >= 4 is 17.7 Å². The zero-order valence-electron chi connectivity index (χ0n) is 7.61. The molecule has 0 aliphatic carbocycles. The van der Waals surface area contributed by atoms with Gasteiger partial charge < -0.3 is 10.4 Å². The topological polar surface area (TPSA) is 49.3 Å². The number of halogens is 1. The van der Waals surface area contributed by atoms with Gasteiger partial charge in [0, 0.05) is 6.54 Å². The van der Waals surface area contributed by atoms with Crippen molar-refractivity contribution in [3.05, 3.63) is 35.9 Å². The monoisotopic (exact) mass is 213 g/mol. The highest BCUT2D eigenvalue weighted by atomic mass is 35.5. The number of amides is 1. The molecule has 14 heavy (non-hydrogen) atoms. The standard InChI is InChI=1S/C10H12ClNO2/c11-9(6-7-12-10(13)14)8-4-2-1-3-5-8/h1-5,9,12H,6-7H2,(H,13,14). The van der Waals surface area contributed by atoms with Crippen LogP contribution in [-0.4, -0.2) is 17.7 Å². The summed E-state index contributed by atoms with van der Waals surface area (Å²) in [5, 5.41) is 10.5. The lowest BCUT2D eigenvalue weighted by molar-refractivity contribution is 0.194. The van der Waals surface area contributed by atoms with Crippen molar-refractivity contribution < 1.29 is 9.90 Å². The van der Waals surface area contributed by atoms with Gasteiger partial charge in [-0.05, 0) is 12.0 Å². The summed E-state index contributed by atoms with van der Waals surface area (Å²) in [6.45, 7) is 0.373. The van der Waals surface area contributed by atoms with Crippen LogP contribution >= 0.6 is 11.6 Å². The molecule has 4 heteroatoms. The maximum Gasteiger partial charge on any atom is 0.404 e. The van der Waals surface area contributed by atoms with Crippen LogP contribution in [0.3, 0.4) is 0 Å². The van der Waals surface area contributed by atoms with Crippen molar-refractivity contribution in [1.29, 1.82) is 0 Å². The number of nitrogens with one attached hydrogen (secondary N) is 1. The van der Waals surface area contributed by atoms with Crippen LogP contribution in [0.2, 0.25) is 0 Å². The highest BCUT2D eigenvalue weighted by Gasteiger charge is 2.06. The quantitative estimate of drug-likeness (QED) is 0.756. The molecule has 1 rings (SSSR count). The predicted molar refractivity (Wildman–Crippen MR) is 55.7 cm³/mol. The number of hydrogen-bond acceptors (Lipinski definition) is 1. The summed E-state index contributed by atoms with van der Waals surface area (Å²) in [4.78, 5) is 10.2. The Morgan fingerprint density at radius 3 is 2.64 bits per heavy atom. The second-order valence-electron chi connectivity index (χ2n) is 2.90. The van der Waals surface area contributed by atoms with Gasteiger partial charge >= 0.3 is 6.09 Å². The van der Waals surface area contributed by atoms with Crippen LogP contribution in [0.4, 0.5) is 4.79 Å². The van der Waals surface area contributed by atoms with Crippen molar-refractivity contribution in [2.45, 2.75) is 11.8 Å². The molecule has 1 unspecified atom stereocenters. The maximum absolute atomic E-state index is 10.2. The fourth-order valence-electron chi connectivity index (χ4n) is 1.13. The summed E-state index contributed by atoms with van der Waals surface area (Å²) in [7, 11) is 0. The molecule has 0 bridgehead atoms. The van der Waals surface area contributed by atoms with Crippen molar-refractivity contribution in [2.24, 2.45) is 0 Å². The zero-order chi connectivity index (χ0) is 10.4. The first kappa shape index (κ1) is 10.9. The third-order valence-electron chi connectivity index (χ3n) is 1.84. The number of benzene rings is 1. The Kier molecular flexibility index (Phi) is 4.26. The summed E-state index contributed by atoms with van der Waals surface area (Å²) in [6.07, 6.45) is -0.417. The van der Waals surface area contributed by atoms with Gasteiger partial charge in [-0.2, -0.15) is 0 Å². The summed E-state index contributed by atoms with van der Waals surface area (Å²) in [5.74, 6) is 0. The molecule has 0 spiro atoms. The third-order valence-corrected chi connectivity index (χ3v) is 2.31. The van der Waals surface area contributed by atoms with E-state index in [0.29, 0.717) is 13.0 Å². The van der Waals surface area contributed by atoms with Crippen LogP contribution in [-0.2, 0) is 0 Å². The molecule has 0 aliphatic rings. The van der Waals surface area contributed by atoms with Crippen LogP contribution in [0.25, 0.3) is 0 Å². The SMILES string of the molecule is O=C(O)NCCC(Cl)c1ccccc1. The molecule has 1 aromatic carbocycles. The second kappa shape index (κ2) is 5.50. The molecule has 0 saturated heterocycles. The summed E-state index contributed by atoms with van der Waals surface area (Å²) >= 11 is 6.06. The minimum Gasteiger partial charge on any atom is -0.465 e. The smallest absolute Gasteiger partial charge is 0.404 e. The summed E-state index contributed by atoms with van der Waals surface area (Å²) in [6, 6.07) is 9.60. The van der Waals surface area contributed by atoms with Gasteiger partial charge in [0.2, 0.25) is 0 Å². The van der Waals surface area contributed by atoms with Crippen LogP contribution < -0.4 is 5.32 Å². The van der Waals surface area contributed by atoms with Crippen LogP contribution in [0.1, 0.15) is 17.4 Å². The molecule has 76 valence electrons. The van der Waals surface area contributed by atoms with E-state index in [2.05, 4.69) is 5.32 Å². The van der Waals surface area contributed by atoms with E-state index in [1.807, 2.05) is 30.3 Å². The lowest BCUT2D eigenvalue weighted by Crippen LogP contribution is -2.22. The molecular weight excluding hydrogens is 202 g/mol. The second-order valence-corrected chi connectivity index (χ2v) is 3.43. The predicted octanol–water partition coefficient (Wildman–Crippen LogP) is 2.62. The molecule has 2 N–H and O–H groups in total. The largest absolute Gasteiger partial charge is 0.465 e. The minimum atomic E-state index is -1.01. The first-order valence-electron chi connectivity index (χ1n) is 4.36. The van der Waals surface area contributed by atoms with Gasteiger partial charge in [0.05, 0.1) is 5.38 Å². The molecule has 0 heterocycles. The van der Waals surface area contributed by atoms with Gasteiger partial charge in [-0.15, -0.1) is 11.6 Å². The fraction of sp³-hybridized carbons (Fsp3) is 0.300. The van der Waals surface area contributed by atoms with Crippen molar-refractivity contribution in [1.82, 2.24) is 5.32 Å². The van der Waals surface area contributed by atoms with Crippen molar-refractivity contribution in [2.75, 3.05) is 6.54 Å². The molecular formula is C10H12ClNO2. The van der Waals surface area contributed by atoms with E-state index in [1.165, 1.54) is 0 Å². The molecule has 1 aromatic rings. The van der Waals surface area contributed by atoms with Crippen molar-refractivity contribution in [3.8, 4) is 0 Å². The zero-order valence-corrected chi connectivity index (χ0v) is 8.37. The number of hydrogen-bond donors (Lipinski definition) is 2. The molecule has 0 saturated carbocycles. The van der Waals surface area contributed by atoms with E-state index in [-0.39, 0.29) is 5.38 Å². The van der Waals surface area contributed by atoms with Gasteiger partial charge in [0.25, 0.3) is 0 Å². The van der Waals surface area contributed by atoms with Gasteiger partial charge in [0.1, 0.15) is 0 Å². The van der Waals surface area contributed by atoms with Gasteiger partial charge in [-0.25, -0.2) is 4.79 Å². The minimum absolute atomic E-state index is 0.136. The highest BCUT2D eigenvalue weighted by Crippen LogP contribution is 2.22. The van der Waals surface area contributed by atoms with E-state index in [1.54, 1.807) is 0 Å². The van der Waals surface area contributed by atoms with Gasteiger partial charge in [-0.3, -0.25) is 0 Å². The van der Waals surface area contributed by atoms with Crippen LogP contribution in [0.5, 0.6) is 0 Å². The molecule has 0 radical (unpaired) electrons. The number of alkyl halides is 1. The average molecular weight is 214 g/mol. The Balaban J connectivity index is 2.36. The van der Waals surface area contributed by atoms with E-state index < -0.39 is 6.09 Å². The molecule has 0 fully saturated rings. The van der Waals surface area contributed by atoms with Crippen LogP contribution in [0.15, 0.2) is 30.3 Å². The Labute approximate surface area is 87.7 Å². The summed E-state index contributed by atoms with van der Waals surface area (Å²) in [5.41, 5.74) is 1.02. The van der Waals surface area contributed by atoms with E-state index in [0.717, 1.165) is 5.56 Å². The molecule has 0 aliphatic heterocycles. The lowest BCUT2D eigenvalue weighted by Gasteiger charge is -2.08. The normalized spacial score (nSPS) is 12.1. The first-order chi connectivity index (χ1) is 6.70. The first-order valence-corrected chi connectivity index (χ1v) is 4.79. The molecule has 1 amide bonds. The van der Waals surface area contributed by atoms with Gasteiger partial charge in [-0.1, -0.05) is 30.3 Å². The van der Waals surface area contributed by atoms with E-state index in [4.69, 9.17) is 16.7 Å². The number of carbonyl (C=O) groups is 1. The van der Waals surface area contributed by atoms with Crippen LogP contribution in [0, 0.1) is 0 Å². The molecule has 0 aromatic heterocycles. The Bertz CT molecular complexity index is 289. The third kappa shape index (κ3) is 3.66. The number of rotatable bonds is 4. The molecule has 3 nitrogen and oxygen atoms in total. The summed E-state index contributed by atoms with van der Waals surface area (Å²) < 4.78 is 0. The number of carboxylic acid groups (broad SMARTS) is 1. The average Bonchev–Trinajstić information content (AvgIpc) is 2.18. The Hall–Kier alpha value is -1.22. The van der Waals surface area contributed by atoms with Gasteiger partial charge in [0.15, 0.2) is 0 Å². The van der Waals surface area contributed by atoms with E-state index in [9.17, 15) is 4.79 Å². The Morgan fingerprint density at radius 1 is 1.43 bits per heavy atom. The lowest BCUT2D eigenvalue weighted by atomic mass is 10.1. The maximum atomic E-state index is 10.2.